The van der Waals surface area contributed by atoms with E-state index in [1.807, 2.05) is 0 Å². The number of hydrogen-bond donors (Lipinski definition) is 0. The predicted molar refractivity (Wildman–Crippen MR) is 88.7 cm³/mol. The molecular weight excluding hydrogens is 470 g/mol. The minimum Gasteiger partial charge on any atom is 0 e. The van der Waals surface area contributed by atoms with Gasteiger partial charge >= 0.3 is 34.5 Å². The molecule has 19 heavy (non-hydrogen) atoms. The molecule has 0 aliphatic heterocycles. The Labute approximate surface area is 155 Å². The third-order valence-electron chi connectivity index (χ3n) is 3.13. The number of hydrogen-bond acceptors (Lipinski definition) is 1. The molecule has 0 saturated heterocycles. The molecule has 104 valence electrons. The van der Waals surface area contributed by atoms with Crippen molar-refractivity contribution in [1.29, 1.82) is 0 Å². The van der Waals surface area contributed by atoms with Gasteiger partial charge in [0.25, 0.3) is 0 Å². The summed E-state index contributed by atoms with van der Waals surface area (Å²) in [5.41, 5.74) is 0. The first-order valence-electron chi connectivity index (χ1n) is 6.43. The molecule has 1 nitrogen and oxygen atoms in total. The Morgan fingerprint density at radius 3 is 2.16 bits per heavy atom. The van der Waals surface area contributed by atoms with Crippen LogP contribution in [0.15, 0.2) is 0 Å². The van der Waals surface area contributed by atoms with Gasteiger partial charge in [0, 0.05) is 32.5 Å². The van der Waals surface area contributed by atoms with E-state index in [9.17, 15) is 0 Å². The van der Waals surface area contributed by atoms with Gasteiger partial charge in [0.15, 0.2) is 8.32 Å². The van der Waals surface area contributed by atoms with Crippen LogP contribution in [0.25, 0.3) is 0 Å². The quantitative estimate of drug-likeness (QED) is 0.226. The molecule has 0 rings (SSSR count). The van der Waals surface area contributed by atoms with E-state index in [2.05, 4.69) is 79.3 Å². The number of rotatable bonds is 4. The van der Waals surface area contributed by atoms with Crippen LogP contribution < -0.4 is 0 Å². The van der Waals surface area contributed by atoms with Gasteiger partial charge in [0.2, 0.25) is 0 Å². The molecule has 0 fully saturated rings. The van der Waals surface area contributed by atoms with Crippen molar-refractivity contribution in [2.24, 2.45) is 5.92 Å². The topological polar surface area (TPSA) is 9.23 Å². The van der Waals surface area contributed by atoms with Crippen LogP contribution in [0, 0.1) is 24.7 Å². The van der Waals surface area contributed by atoms with Gasteiger partial charge in [-0.1, -0.05) is 33.6 Å². The van der Waals surface area contributed by atoms with Crippen LogP contribution in [0.2, 0.25) is 18.1 Å². The van der Waals surface area contributed by atoms with Gasteiger partial charge in [0.05, 0.1) is 0 Å². The predicted octanol–water partition coefficient (Wildman–Crippen LogP) is 5.14. The van der Waals surface area contributed by atoms with E-state index in [-0.39, 0.29) is 30.4 Å². The molecule has 1 unspecified atom stereocenters. The zero-order valence-corrected chi connectivity index (χ0v) is 22.7. The van der Waals surface area contributed by atoms with Crippen LogP contribution in [-0.2, 0) is 38.7 Å². The molecule has 0 amide bonds. The normalized spacial score (nSPS) is 12.3. The maximum absolute atomic E-state index is 6.06. The van der Waals surface area contributed by atoms with Crippen molar-refractivity contribution in [2.45, 2.75) is 58.7 Å². The Bertz CT molecular complexity index is 267. The summed E-state index contributed by atoms with van der Waals surface area (Å²) < 4.78 is 6.06. The van der Waals surface area contributed by atoms with Crippen LogP contribution in [-0.4, -0.2) is 14.9 Å². The monoisotopic (exact) mass is 494 g/mol. The van der Waals surface area contributed by atoms with Gasteiger partial charge in [-0.2, -0.15) is 0 Å². The average molecular weight is 497 g/mol. The molecule has 5 heteroatoms. The van der Waals surface area contributed by atoms with Gasteiger partial charge in [0.1, 0.15) is 0 Å². The summed E-state index contributed by atoms with van der Waals surface area (Å²) in [6.07, 6.45) is 2.08. The molecular formula is C14H27IOSiZn2. The minimum atomic E-state index is -1.62. The van der Waals surface area contributed by atoms with Crippen molar-refractivity contribution in [1.82, 2.24) is 0 Å². The molecule has 0 saturated carbocycles. The first-order valence-corrected chi connectivity index (χ1v) is 18.4. The smallest absolute Gasteiger partial charge is 0 e. The second kappa shape index (κ2) is 13.4. The van der Waals surface area contributed by atoms with Gasteiger partial charge in [-0.05, 0) is 24.6 Å². The van der Waals surface area contributed by atoms with E-state index < -0.39 is 8.32 Å². The summed E-state index contributed by atoms with van der Waals surface area (Å²) in [7, 11) is -1.62. The zero-order chi connectivity index (χ0) is 14.8. The molecule has 0 spiro atoms. The Hall–Kier alpha value is 1.71. The molecule has 0 radical (unpaired) electrons. The summed E-state index contributed by atoms with van der Waals surface area (Å²) in [4.78, 5) is 0. The Morgan fingerprint density at radius 2 is 1.79 bits per heavy atom. The van der Waals surface area contributed by atoms with E-state index in [4.69, 9.17) is 4.43 Å². The van der Waals surface area contributed by atoms with Gasteiger partial charge in [-0.3, -0.25) is 0 Å². The molecule has 0 aliphatic carbocycles. The van der Waals surface area contributed by atoms with Gasteiger partial charge in [-0.25, -0.2) is 0 Å². The molecule has 0 aromatic carbocycles. The summed E-state index contributed by atoms with van der Waals surface area (Å²) >= 11 is 3.62. The van der Waals surface area contributed by atoms with Crippen molar-refractivity contribution in [2.75, 3.05) is 6.61 Å². The Morgan fingerprint density at radius 1 is 1.32 bits per heavy atom. The van der Waals surface area contributed by atoms with Gasteiger partial charge < -0.3 is 11.3 Å². The van der Waals surface area contributed by atoms with E-state index >= 15 is 0 Å². The first kappa shape index (κ1) is 25.7. The van der Waals surface area contributed by atoms with E-state index in [1.165, 1.54) is 14.8 Å². The fourth-order valence-corrected chi connectivity index (χ4v) is 1.96. The van der Waals surface area contributed by atoms with Crippen LogP contribution in [0.4, 0.5) is 0 Å². The molecule has 0 aliphatic rings. The van der Waals surface area contributed by atoms with Crippen LogP contribution in [0.3, 0.4) is 0 Å². The van der Waals surface area contributed by atoms with Crippen molar-refractivity contribution in [3.8, 4) is 11.8 Å². The molecule has 0 N–H and O–H groups in total. The van der Waals surface area contributed by atoms with Gasteiger partial charge in [-0.15, -0.1) is 11.8 Å². The Kier molecular flexibility index (Phi) is 18.1. The van der Waals surface area contributed by atoms with Crippen molar-refractivity contribution >= 4 is 28.1 Å². The summed E-state index contributed by atoms with van der Waals surface area (Å²) in [5.74, 6) is 6.39. The maximum Gasteiger partial charge on any atom is 0 e. The summed E-state index contributed by atoms with van der Waals surface area (Å²) in [6.45, 7) is 18.1. The standard InChI is InChI=1S/C14H27OSi.HI.2Zn/c1-8-9-10-11-13(2)12-15-16(6,7)14(3,4)5;;;/h13H,2,8-9,12H2,1,3-7H3;1H;;/q-1;;;+2/p-1. The van der Waals surface area contributed by atoms with Crippen LogP contribution in [0.1, 0.15) is 40.5 Å². The van der Waals surface area contributed by atoms with E-state index in [0.717, 1.165) is 12.8 Å². The Balaban J connectivity index is -0.000000809. The fourth-order valence-electron chi connectivity index (χ4n) is 0.909. The molecule has 0 aromatic heterocycles. The van der Waals surface area contributed by atoms with Crippen LogP contribution in [0.5, 0.6) is 0 Å². The number of unbranched alkanes of at least 4 members (excludes halogenated alkanes) is 1. The third-order valence-corrected chi connectivity index (χ3v) is 7.63. The molecule has 0 aromatic rings. The molecule has 0 heterocycles. The number of halogens is 1. The largest absolute Gasteiger partial charge is 0 e. The van der Waals surface area contributed by atoms with Crippen molar-refractivity contribution in [3.05, 3.63) is 6.92 Å². The second-order valence-electron chi connectivity index (χ2n) is 5.84. The minimum absolute atomic E-state index is 0. The molecule has 0 bridgehead atoms. The SMILES string of the molecule is [CH2-]C(C#CCCC)CO[Si](C)(C)C(C)(C)C.[Zn+][I].[Zn]. The van der Waals surface area contributed by atoms with E-state index in [0.29, 0.717) is 6.61 Å². The van der Waals surface area contributed by atoms with Crippen molar-refractivity contribution in [3.63, 3.8) is 0 Å². The average Bonchev–Trinajstić information content (AvgIpc) is 2.28. The second-order valence-corrected chi connectivity index (χ2v) is 10.6. The fraction of sp³-hybridized carbons (Fsp3) is 0.786. The first-order chi connectivity index (χ1) is 8.20. The zero-order valence-electron chi connectivity index (χ0n) is 13.6. The summed E-state index contributed by atoms with van der Waals surface area (Å²) in [6, 6.07) is 0. The van der Waals surface area contributed by atoms with Crippen LogP contribution >= 0.6 is 19.8 Å². The molecule has 1 atom stereocenters. The maximum atomic E-state index is 6.06. The van der Waals surface area contributed by atoms with E-state index in [1.54, 1.807) is 0 Å². The van der Waals surface area contributed by atoms with Crippen molar-refractivity contribution < 1.29 is 38.7 Å². The summed E-state index contributed by atoms with van der Waals surface area (Å²) in [5, 5.41) is 0.267. The third kappa shape index (κ3) is 13.1.